The van der Waals surface area contributed by atoms with E-state index in [1.54, 1.807) is 0 Å². The molecule has 1 aliphatic heterocycles. The smallest absolute Gasteiger partial charge is 0.109 e. The Labute approximate surface area is 125 Å². The fraction of sp³-hybridized carbons (Fsp3) is 0.471. The van der Waals surface area contributed by atoms with E-state index in [1.807, 2.05) is 29.1 Å². The topological polar surface area (TPSA) is 47.3 Å². The largest absolute Gasteiger partial charge is 0.390 e. The van der Waals surface area contributed by atoms with Crippen molar-refractivity contribution in [1.82, 2.24) is 9.78 Å². The highest BCUT2D eigenvalue weighted by Gasteiger charge is 2.28. The molecule has 4 heteroatoms. The fourth-order valence-corrected chi connectivity index (χ4v) is 2.84. The number of aliphatic hydroxyl groups excluding tert-OH is 1. The number of benzene rings is 1. The maximum absolute atomic E-state index is 10.5. The molecule has 0 saturated heterocycles. The SMILES string of the molecule is CC(C)n1ccc(CC(O)C2OCCc3ccccc32)n1. The van der Waals surface area contributed by atoms with Crippen LogP contribution in [-0.4, -0.2) is 27.6 Å². The van der Waals surface area contributed by atoms with Crippen molar-refractivity contribution in [3.63, 3.8) is 0 Å². The van der Waals surface area contributed by atoms with E-state index in [4.69, 9.17) is 4.74 Å². The summed E-state index contributed by atoms with van der Waals surface area (Å²) in [4.78, 5) is 0. The van der Waals surface area contributed by atoms with Crippen molar-refractivity contribution in [2.24, 2.45) is 0 Å². The quantitative estimate of drug-likeness (QED) is 0.940. The molecule has 4 nitrogen and oxygen atoms in total. The molecule has 112 valence electrons. The number of aromatic nitrogens is 2. The van der Waals surface area contributed by atoms with Gasteiger partial charge in [-0.3, -0.25) is 4.68 Å². The summed E-state index contributed by atoms with van der Waals surface area (Å²) in [6.07, 6.45) is 2.57. The first kappa shape index (κ1) is 14.3. The molecular formula is C17H22N2O2. The maximum atomic E-state index is 10.5. The van der Waals surface area contributed by atoms with Crippen LogP contribution in [0.1, 0.15) is 42.8 Å². The highest BCUT2D eigenvalue weighted by atomic mass is 16.5. The van der Waals surface area contributed by atoms with Gasteiger partial charge in [-0.05, 0) is 37.5 Å². The first-order valence-electron chi connectivity index (χ1n) is 7.56. The minimum atomic E-state index is -0.568. The maximum Gasteiger partial charge on any atom is 0.109 e. The minimum absolute atomic E-state index is 0.251. The number of rotatable bonds is 4. The van der Waals surface area contributed by atoms with Crippen LogP contribution in [0, 0.1) is 0 Å². The Morgan fingerprint density at radius 3 is 2.90 bits per heavy atom. The summed E-state index contributed by atoms with van der Waals surface area (Å²) in [5.74, 6) is 0. The zero-order valence-electron chi connectivity index (χ0n) is 12.6. The Kier molecular flexibility index (Phi) is 4.08. The zero-order chi connectivity index (χ0) is 14.8. The highest BCUT2D eigenvalue weighted by molar-refractivity contribution is 5.31. The third-order valence-corrected chi connectivity index (χ3v) is 3.99. The molecule has 1 N–H and O–H groups in total. The summed E-state index contributed by atoms with van der Waals surface area (Å²) in [5, 5.41) is 15.0. The van der Waals surface area contributed by atoms with Gasteiger partial charge in [0, 0.05) is 18.7 Å². The van der Waals surface area contributed by atoms with Crippen molar-refractivity contribution >= 4 is 0 Å². The molecule has 0 radical (unpaired) electrons. The van der Waals surface area contributed by atoms with Crippen molar-refractivity contribution < 1.29 is 9.84 Å². The molecule has 1 aromatic carbocycles. The molecule has 2 aromatic rings. The predicted molar refractivity (Wildman–Crippen MR) is 81.2 cm³/mol. The summed E-state index contributed by atoms with van der Waals surface area (Å²) >= 11 is 0. The normalized spacial score (nSPS) is 19.5. The summed E-state index contributed by atoms with van der Waals surface area (Å²) in [7, 11) is 0. The molecular weight excluding hydrogens is 264 g/mol. The zero-order valence-corrected chi connectivity index (χ0v) is 12.6. The number of hydrogen-bond donors (Lipinski definition) is 1. The Hall–Kier alpha value is -1.65. The average Bonchev–Trinajstić information content (AvgIpc) is 2.95. The monoisotopic (exact) mass is 286 g/mol. The molecule has 2 heterocycles. The van der Waals surface area contributed by atoms with E-state index in [0.717, 1.165) is 17.7 Å². The fourth-order valence-electron chi connectivity index (χ4n) is 2.84. The van der Waals surface area contributed by atoms with Gasteiger partial charge in [0.1, 0.15) is 6.10 Å². The Bertz CT molecular complexity index is 606. The molecule has 0 amide bonds. The van der Waals surface area contributed by atoms with Gasteiger partial charge in [-0.15, -0.1) is 0 Å². The highest BCUT2D eigenvalue weighted by Crippen LogP contribution is 2.30. The predicted octanol–water partition coefficient (Wildman–Crippen LogP) is 2.68. The van der Waals surface area contributed by atoms with E-state index in [0.29, 0.717) is 19.1 Å². The van der Waals surface area contributed by atoms with Gasteiger partial charge in [-0.2, -0.15) is 5.10 Å². The lowest BCUT2D eigenvalue weighted by molar-refractivity contribution is -0.0464. The third kappa shape index (κ3) is 3.01. The molecule has 0 fully saturated rings. The van der Waals surface area contributed by atoms with Crippen molar-refractivity contribution in [1.29, 1.82) is 0 Å². The number of aliphatic hydroxyl groups is 1. The summed E-state index contributed by atoms with van der Waals surface area (Å²) in [6, 6.07) is 10.5. The van der Waals surface area contributed by atoms with Crippen LogP contribution in [-0.2, 0) is 17.6 Å². The van der Waals surface area contributed by atoms with Gasteiger partial charge in [-0.1, -0.05) is 24.3 Å². The number of hydrogen-bond acceptors (Lipinski definition) is 3. The van der Waals surface area contributed by atoms with E-state index in [9.17, 15) is 5.11 Å². The lowest BCUT2D eigenvalue weighted by Crippen LogP contribution is -2.28. The first-order valence-corrected chi connectivity index (χ1v) is 7.56. The van der Waals surface area contributed by atoms with Gasteiger partial charge >= 0.3 is 0 Å². The van der Waals surface area contributed by atoms with Crippen molar-refractivity contribution in [2.45, 2.75) is 44.9 Å². The van der Waals surface area contributed by atoms with Gasteiger partial charge in [0.15, 0.2) is 0 Å². The molecule has 3 rings (SSSR count). The van der Waals surface area contributed by atoms with Crippen LogP contribution in [0.4, 0.5) is 0 Å². The van der Waals surface area contributed by atoms with Crippen LogP contribution in [0.2, 0.25) is 0 Å². The second-order valence-corrected chi connectivity index (χ2v) is 5.89. The number of fused-ring (bicyclic) bond motifs is 1. The van der Waals surface area contributed by atoms with Gasteiger partial charge in [0.25, 0.3) is 0 Å². The lowest BCUT2D eigenvalue weighted by Gasteiger charge is -2.29. The second-order valence-electron chi connectivity index (χ2n) is 5.89. The van der Waals surface area contributed by atoms with Crippen LogP contribution < -0.4 is 0 Å². The van der Waals surface area contributed by atoms with Crippen LogP contribution in [0.25, 0.3) is 0 Å². The van der Waals surface area contributed by atoms with Crippen LogP contribution in [0.5, 0.6) is 0 Å². The molecule has 0 bridgehead atoms. The molecule has 0 spiro atoms. The molecule has 1 aliphatic rings. The standard InChI is InChI=1S/C17H22N2O2/c1-12(2)19-9-7-14(18-19)11-16(20)17-15-6-4-3-5-13(15)8-10-21-17/h3-7,9,12,16-17,20H,8,10-11H2,1-2H3. The third-order valence-electron chi connectivity index (χ3n) is 3.99. The number of nitrogens with zero attached hydrogens (tertiary/aromatic N) is 2. The Balaban J connectivity index is 1.75. The Morgan fingerprint density at radius 1 is 1.33 bits per heavy atom. The van der Waals surface area contributed by atoms with Crippen LogP contribution in [0.15, 0.2) is 36.5 Å². The molecule has 0 saturated carbocycles. The number of ether oxygens (including phenoxy) is 1. The van der Waals surface area contributed by atoms with Gasteiger partial charge in [-0.25, -0.2) is 0 Å². The minimum Gasteiger partial charge on any atom is -0.390 e. The molecule has 0 aliphatic carbocycles. The second kappa shape index (κ2) is 6.00. The summed E-state index contributed by atoms with van der Waals surface area (Å²) in [5.41, 5.74) is 3.29. The Morgan fingerprint density at radius 2 is 2.14 bits per heavy atom. The molecule has 1 aromatic heterocycles. The lowest BCUT2D eigenvalue weighted by atomic mass is 9.93. The molecule has 2 unspecified atom stereocenters. The van der Waals surface area contributed by atoms with Crippen molar-refractivity contribution in [2.75, 3.05) is 6.61 Å². The van der Waals surface area contributed by atoms with E-state index >= 15 is 0 Å². The van der Waals surface area contributed by atoms with E-state index in [1.165, 1.54) is 5.56 Å². The summed E-state index contributed by atoms with van der Waals surface area (Å²) < 4.78 is 7.72. The van der Waals surface area contributed by atoms with E-state index in [2.05, 4.69) is 31.1 Å². The van der Waals surface area contributed by atoms with Gasteiger partial charge in [0.05, 0.1) is 18.4 Å². The van der Waals surface area contributed by atoms with Crippen LogP contribution in [0.3, 0.4) is 0 Å². The van der Waals surface area contributed by atoms with E-state index < -0.39 is 6.10 Å². The molecule has 2 atom stereocenters. The van der Waals surface area contributed by atoms with Gasteiger partial charge in [0.2, 0.25) is 0 Å². The summed E-state index contributed by atoms with van der Waals surface area (Å²) in [6.45, 7) is 4.85. The van der Waals surface area contributed by atoms with Crippen molar-refractivity contribution in [3.8, 4) is 0 Å². The molecule has 21 heavy (non-hydrogen) atoms. The van der Waals surface area contributed by atoms with Crippen LogP contribution >= 0.6 is 0 Å². The van der Waals surface area contributed by atoms with Crippen molar-refractivity contribution in [3.05, 3.63) is 53.3 Å². The van der Waals surface area contributed by atoms with Gasteiger partial charge < -0.3 is 9.84 Å². The van der Waals surface area contributed by atoms with E-state index in [-0.39, 0.29) is 6.10 Å². The first-order chi connectivity index (χ1) is 10.1. The average molecular weight is 286 g/mol.